The van der Waals surface area contributed by atoms with Crippen LogP contribution >= 0.6 is 0 Å². The fraction of sp³-hybridized carbons (Fsp3) is 0. The summed E-state index contributed by atoms with van der Waals surface area (Å²) in [6, 6.07) is 35.2. The first-order valence-electron chi connectivity index (χ1n) is 11.2. The molecule has 34 heavy (non-hydrogen) atoms. The molecule has 0 N–H and O–H groups in total. The summed E-state index contributed by atoms with van der Waals surface area (Å²) in [5, 5.41) is 5.77. The molecule has 0 radical (unpaired) electrons. The van der Waals surface area contributed by atoms with Crippen molar-refractivity contribution in [3.63, 3.8) is 0 Å². The van der Waals surface area contributed by atoms with Crippen LogP contribution in [0.15, 0.2) is 122 Å². The van der Waals surface area contributed by atoms with Crippen LogP contribution in [0.4, 0.5) is 17.1 Å². The Kier molecular flexibility index (Phi) is 4.08. The number of fused-ring (bicyclic) bond motifs is 3. The number of para-hydroxylation sites is 3. The summed E-state index contributed by atoms with van der Waals surface area (Å²) < 4.78 is 10.4. The van der Waals surface area contributed by atoms with Crippen LogP contribution in [0.25, 0.3) is 22.3 Å². The van der Waals surface area contributed by atoms with E-state index in [0.717, 1.165) is 50.8 Å². The average Bonchev–Trinajstić information content (AvgIpc) is 3.58. The Balaban J connectivity index is 1.42. The summed E-state index contributed by atoms with van der Waals surface area (Å²) in [6.07, 6.45) is 6.02. The molecule has 0 fully saturated rings. The minimum atomic E-state index is 0.810. The Bertz CT molecular complexity index is 1650. The molecule has 0 saturated heterocycles. The van der Waals surface area contributed by atoms with Crippen molar-refractivity contribution < 1.29 is 4.74 Å². The Morgan fingerprint density at radius 3 is 2.32 bits per heavy atom. The van der Waals surface area contributed by atoms with Crippen LogP contribution in [0.1, 0.15) is 0 Å². The lowest BCUT2D eigenvalue weighted by molar-refractivity contribution is 0.477. The van der Waals surface area contributed by atoms with Gasteiger partial charge < -0.3 is 14.2 Å². The Morgan fingerprint density at radius 1 is 0.588 bits per heavy atom. The molecule has 5 heteroatoms. The van der Waals surface area contributed by atoms with Crippen LogP contribution in [0, 0.1) is 0 Å². The molecule has 1 aliphatic heterocycles. The molecular weight excluding hydrogens is 420 g/mol. The lowest BCUT2D eigenvalue weighted by atomic mass is 10.1. The van der Waals surface area contributed by atoms with Crippen molar-refractivity contribution >= 4 is 28.0 Å². The molecule has 1 aliphatic rings. The van der Waals surface area contributed by atoms with Crippen molar-refractivity contribution in [2.24, 2.45) is 0 Å². The molecular formula is C29H20N4O. The third-order valence-electron chi connectivity index (χ3n) is 6.22. The summed E-state index contributed by atoms with van der Waals surface area (Å²) in [5.41, 5.74) is 6.19. The lowest BCUT2D eigenvalue weighted by Gasteiger charge is -2.33. The van der Waals surface area contributed by atoms with Gasteiger partial charge >= 0.3 is 0 Å². The third-order valence-corrected chi connectivity index (χ3v) is 6.22. The molecule has 162 valence electrons. The summed E-state index contributed by atoms with van der Waals surface area (Å²) in [5.74, 6) is 1.64. The predicted octanol–water partition coefficient (Wildman–Crippen LogP) is 7.39. The first-order chi connectivity index (χ1) is 16.8. The van der Waals surface area contributed by atoms with E-state index in [1.54, 1.807) is 0 Å². The van der Waals surface area contributed by atoms with Gasteiger partial charge in [-0.05, 0) is 66.7 Å². The molecule has 4 aromatic carbocycles. The topological polar surface area (TPSA) is 35.2 Å². The SMILES string of the molecule is c1cc(N2c3ccccc3Oc3ccc(-n4ncc5ccccc54)cc32)cc(-n2cccc2)c1. The maximum Gasteiger partial charge on any atom is 0.151 e. The first-order valence-corrected chi connectivity index (χ1v) is 11.2. The highest BCUT2D eigenvalue weighted by atomic mass is 16.5. The quantitative estimate of drug-likeness (QED) is 0.287. The Labute approximate surface area is 196 Å². The van der Waals surface area contributed by atoms with Crippen LogP contribution in [-0.2, 0) is 0 Å². The highest BCUT2D eigenvalue weighted by molar-refractivity contribution is 5.88. The second kappa shape index (κ2) is 7.39. The van der Waals surface area contributed by atoms with Crippen LogP contribution < -0.4 is 9.64 Å². The van der Waals surface area contributed by atoms with E-state index in [-0.39, 0.29) is 0 Å². The summed E-state index contributed by atoms with van der Waals surface area (Å²) in [4.78, 5) is 2.26. The number of benzene rings is 4. The van der Waals surface area contributed by atoms with Gasteiger partial charge in [0.25, 0.3) is 0 Å². The van der Waals surface area contributed by atoms with E-state index in [1.807, 2.05) is 59.4 Å². The van der Waals surface area contributed by atoms with Gasteiger partial charge in [0.15, 0.2) is 11.5 Å². The second-order valence-corrected chi connectivity index (χ2v) is 8.28. The fourth-order valence-corrected chi connectivity index (χ4v) is 4.63. The van der Waals surface area contributed by atoms with E-state index in [2.05, 4.69) is 81.6 Å². The second-order valence-electron chi connectivity index (χ2n) is 8.28. The van der Waals surface area contributed by atoms with Crippen molar-refractivity contribution in [3.8, 4) is 22.9 Å². The number of ether oxygens (including phenoxy) is 1. The van der Waals surface area contributed by atoms with E-state index in [1.165, 1.54) is 0 Å². The maximum absolute atomic E-state index is 6.31. The lowest BCUT2D eigenvalue weighted by Crippen LogP contribution is -2.16. The van der Waals surface area contributed by atoms with Gasteiger partial charge in [-0.2, -0.15) is 5.10 Å². The van der Waals surface area contributed by atoms with Gasteiger partial charge in [-0.1, -0.05) is 36.4 Å². The molecule has 0 spiro atoms. The molecule has 7 rings (SSSR count). The number of rotatable bonds is 3. The molecule has 5 nitrogen and oxygen atoms in total. The zero-order chi connectivity index (χ0) is 22.5. The molecule has 6 aromatic rings. The van der Waals surface area contributed by atoms with Crippen LogP contribution in [0.5, 0.6) is 11.5 Å². The number of hydrogen-bond donors (Lipinski definition) is 0. The molecule has 0 unspecified atom stereocenters. The van der Waals surface area contributed by atoms with Crippen molar-refractivity contribution in [2.45, 2.75) is 0 Å². The number of hydrogen-bond acceptors (Lipinski definition) is 3. The van der Waals surface area contributed by atoms with Crippen LogP contribution in [-0.4, -0.2) is 14.3 Å². The standard InChI is InChI=1S/C29H20N4O/c1-2-11-25-21(8-1)20-30-33(25)24-14-15-29-27(19-24)32(26-12-3-4-13-28(26)34-29)23-10-7-9-22(18-23)31-16-5-6-17-31/h1-20H. The smallest absolute Gasteiger partial charge is 0.151 e. The first kappa shape index (κ1) is 18.8. The van der Waals surface area contributed by atoms with Crippen molar-refractivity contribution in [1.29, 1.82) is 0 Å². The van der Waals surface area contributed by atoms with Crippen molar-refractivity contribution in [3.05, 3.63) is 122 Å². The highest BCUT2D eigenvalue weighted by Gasteiger charge is 2.26. The monoisotopic (exact) mass is 440 g/mol. The molecule has 0 amide bonds. The number of anilines is 3. The van der Waals surface area contributed by atoms with Gasteiger partial charge in [-0.25, -0.2) is 4.68 Å². The summed E-state index contributed by atoms with van der Waals surface area (Å²) in [6.45, 7) is 0. The van der Waals surface area contributed by atoms with E-state index in [0.29, 0.717) is 0 Å². The van der Waals surface area contributed by atoms with E-state index in [4.69, 9.17) is 4.74 Å². The molecule has 0 saturated carbocycles. The van der Waals surface area contributed by atoms with Crippen molar-refractivity contribution in [2.75, 3.05) is 4.90 Å². The van der Waals surface area contributed by atoms with Gasteiger partial charge in [0.05, 0.1) is 28.8 Å². The summed E-state index contributed by atoms with van der Waals surface area (Å²) in [7, 11) is 0. The number of nitrogens with zero attached hydrogens (tertiary/aromatic N) is 4. The number of aromatic nitrogens is 3. The minimum Gasteiger partial charge on any atom is -0.453 e. The fourth-order valence-electron chi connectivity index (χ4n) is 4.63. The zero-order valence-corrected chi connectivity index (χ0v) is 18.2. The Hall–Kier alpha value is -4.77. The molecule has 0 bridgehead atoms. The van der Waals surface area contributed by atoms with Gasteiger partial charge in [0, 0.05) is 29.2 Å². The van der Waals surface area contributed by atoms with Crippen LogP contribution in [0.3, 0.4) is 0 Å². The van der Waals surface area contributed by atoms with Gasteiger partial charge in [0.2, 0.25) is 0 Å². The molecule has 0 atom stereocenters. The molecule has 2 aromatic heterocycles. The predicted molar refractivity (Wildman–Crippen MR) is 135 cm³/mol. The Morgan fingerprint density at radius 2 is 1.38 bits per heavy atom. The summed E-state index contributed by atoms with van der Waals surface area (Å²) >= 11 is 0. The molecule has 0 aliphatic carbocycles. The van der Waals surface area contributed by atoms with E-state index < -0.39 is 0 Å². The normalized spacial score (nSPS) is 12.3. The maximum atomic E-state index is 6.31. The average molecular weight is 441 g/mol. The van der Waals surface area contributed by atoms with Gasteiger partial charge in [-0.3, -0.25) is 0 Å². The third kappa shape index (κ3) is 2.91. The zero-order valence-electron chi connectivity index (χ0n) is 18.2. The van der Waals surface area contributed by atoms with E-state index >= 15 is 0 Å². The van der Waals surface area contributed by atoms with Crippen LogP contribution in [0.2, 0.25) is 0 Å². The van der Waals surface area contributed by atoms with Gasteiger partial charge in [-0.15, -0.1) is 0 Å². The minimum absolute atomic E-state index is 0.810. The van der Waals surface area contributed by atoms with E-state index in [9.17, 15) is 0 Å². The molecule has 3 heterocycles. The van der Waals surface area contributed by atoms with Crippen molar-refractivity contribution in [1.82, 2.24) is 14.3 Å². The highest BCUT2D eigenvalue weighted by Crippen LogP contribution is 2.51. The van der Waals surface area contributed by atoms with Gasteiger partial charge in [0.1, 0.15) is 0 Å². The largest absolute Gasteiger partial charge is 0.453 e.